The van der Waals surface area contributed by atoms with Crippen molar-refractivity contribution >= 4 is 17.5 Å². The number of pyridine rings is 1. The molecule has 0 aliphatic carbocycles. The molecule has 2 aliphatic heterocycles. The van der Waals surface area contributed by atoms with Gasteiger partial charge in [-0.3, -0.25) is 19.8 Å². The summed E-state index contributed by atoms with van der Waals surface area (Å²) in [6, 6.07) is 9.31. The molecule has 4 heterocycles. The number of aromatic nitrogens is 3. The van der Waals surface area contributed by atoms with Gasteiger partial charge < -0.3 is 10.0 Å². The van der Waals surface area contributed by atoms with Crippen molar-refractivity contribution in [3.8, 4) is 11.3 Å². The number of benzene rings is 1. The van der Waals surface area contributed by atoms with Crippen LogP contribution in [0.5, 0.6) is 0 Å². The maximum Gasteiger partial charge on any atom is 0.417 e. The Kier molecular flexibility index (Phi) is 6.06. The van der Waals surface area contributed by atoms with Gasteiger partial charge in [0.25, 0.3) is 5.91 Å². The molecule has 0 radical (unpaired) electrons. The molecule has 184 valence electrons. The molecule has 2 atom stereocenters. The summed E-state index contributed by atoms with van der Waals surface area (Å²) in [6.45, 7) is 1.68. The number of nitrogens with zero attached hydrogens (tertiary/aromatic N) is 4. The molecule has 0 saturated carbocycles. The number of amides is 1. The highest BCUT2D eigenvalue weighted by Crippen LogP contribution is 2.37. The van der Waals surface area contributed by atoms with Gasteiger partial charge >= 0.3 is 6.18 Å². The van der Waals surface area contributed by atoms with Crippen molar-refractivity contribution in [2.24, 2.45) is 0 Å². The van der Waals surface area contributed by atoms with Crippen molar-refractivity contribution in [1.82, 2.24) is 25.0 Å². The molecule has 2 aromatic heterocycles. The lowest BCUT2D eigenvalue weighted by Gasteiger charge is -2.49. The molecule has 2 N–H and O–H groups in total. The number of fused-ring (bicyclic) bond motifs is 1. The van der Waals surface area contributed by atoms with E-state index in [4.69, 9.17) is 11.6 Å². The largest absolute Gasteiger partial charge is 0.417 e. The Hall–Kier alpha value is -2.95. The van der Waals surface area contributed by atoms with Crippen molar-refractivity contribution in [1.29, 1.82) is 0 Å². The van der Waals surface area contributed by atoms with Crippen molar-refractivity contribution in [3.63, 3.8) is 0 Å². The molecule has 0 spiro atoms. The molecule has 2 aliphatic rings. The first-order valence-electron chi connectivity index (χ1n) is 11.2. The molecule has 7 nitrogen and oxygen atoms in total. The summed E-state index contributed by atoms with van der Waals surface area (Å²) in [6.07, 6.45) is -1.19. The zero-order chi connectivity index (χ0) is 24.8. The van der Waals surface area contributed by atoms with E-state index in [2.05, 4.69) is 20.1 Å². The number of H-pyrrole nitrogens is 1. The zero-order valence-electron chi connectivity index (χ0n) is 18.6. The predicted octanol–water partition coefficient (Wildman–Crippen LogP) is 3.95. The van der Waals surface area contributed by atoms with Gasteiger partial charge in [-0.25, -0.2) is 0 Å². The van der Waals surface area contributed by atoms with E-state index in [9.17, 15) is 23.1 Å². The second-order valence-corrected chi connectivity index (χ2v) is 9.39. The Labute approximate surface area is 204 Å². The second kappa shape index (κ2) is 8.92. The SMILES string of the molecule is O=C(c1cccc(-c2ccn[nH]2)c1Cl)N1CCN2C[C@@](O)(c3ccc(C(F)(F)F)cn3)CC[C@@H]2C1. The fourth-order valence-corrected chi connectivity index (χ4v) is 5.22. The standard InChI is InChI=1S/C24H23ClF3N5O2/c25-21-17(19-7-9-30-31-19)2-1-3-18(21)22(34)32-10-11-33-14-23(35,8-6-16(33)13-32)20-5-4-15(12-29-20)24(26,27)28/h1-5,7,9,12,16,35H,6,8,10-11,13-14H2,(H,30,31)/t16-,23-/m1/s1. The van der Waals surface area contributed by atoms with Gasteiger partial charge in [-0.05, 0) is 37.1 Å². The fourth-order valence-electron chi connectivity index (χ4n) is 4.91. The van der Waals surface area contributed by atoms with Crippen LogP contribution in [0.3, 0.4) is 0 Å². The van der Waals surface area contributed by atoms with Crippen LogP contribution in [0.4, 0.5) is 13.2 Å². The van der Waals surface area contributed by atoms with E-state index in [1.807, 2.05) is 6.07 Å². The minimum Gasteiger partial charge on any atom is -0.382 e. The molecule has 3 aromatic rings. The number of alkyl halides is 3. The van der Waals surface area contributed by atoms with Gasteiger partial charge in [0.15, 0.2) is 0 Å². The minimum atomic E-state index is -4.48. The summed E-state index contributed by atoms with van der Waals surface area (Å²) < 4.78 is 38.6. The first kappa shape index (κ1) is 23.8. The number of hydrogen-bond donors (Lipinski definition) is 2. The van der Waals surface area contributed by atoms with E-state index in [-0.39, 0.29) is 24.2 Å². The van der Waals surface area contributed by atoms with E-state index in [1.165, 1.54) is 6.07 Å². The van der Waals surface area contributed by atoms with Crippen molar-refractivity contribution in [2.45, 2.75) is 30.7 Å². The summed E-state index contributed by atoms with van der Waals surface area (Å²) >= 11 is 6.58. The number of piperazine rings is 1. The fraction of sp³-hybridized carbons (Fsp3) is 0.375. The molecule has 2 fully saturated rings. The van der Waals surface area contributed by atoms with Gasteiger partial charge in [0, 0.05) is 50.2 Å². The lowest BCUT2D eigenvalue weighted by Crippen LogP contribution is -2.60. The Morgan fingerprint density at radius 3 is 2.71 bits per heavy atom. The van der Waals surface area contributed by atoms with Crippen LogP contribution in [0.2, 0.25) is 5.02 Å². The summed E-state index contributed by atoms with van der Waals surface area (Å²) in [7, 11) is 0. The number of carbonyl (C=O) groups is 1. The van der Waals surface area contributed by atoms with Crippen molar-refractivity contribution in [2.75, 3.05) is 26.2 Å². The first-order chi connectivity index (χ1) is 16.7. The molecule has 0 bridgehead atoms. The van der Waals surface area contributed by atoms with Gasteiger partial charge in [0.1, 0.15) is 5.60 Å². The average Bonchev–Trinajstić information content (AvgIpc) is 3.38. The molecule has 1 amide bonds. The lowest BCUT2D eigenvalue weighted by atomic mass is 9.84. The number of carbonyl (C=O) groups excluding carboxylic acids is 1. The van der Waals surface area contributed by atoms with Crippen LogP contribution < -0.4 is 0 Å². The number of nitrogens with one attached hydrogen (secondary N) is 1. The van der Waals surface area contributed by atoms with E-state index in [0.717, 1.165) is 18.0 Å². The Bertz CT molecular complexity index is 1220. The highest BCUT2D eigenvalue weighted by molar-refractivity contribution is 6.36. The molecule has 5 rings (SSSR count). The maximum absolute atomic E-state index is 13.3. The quantitative estimate of drug-likeness (QED) is 0.563. The smallest absolute Gasteiger partial charge is 0.382 e. The van der Waals surface area contributed by atoms with Gasteiger partial charge in [-0.2, -0.15) is 18.3 Å². The molecule has 0 unspecified atom stereocenters. The van der Waals surface area contributed by atoms with Crippen LogP contribution >= 0.6 is 11.6 Å². The van der Waals surface area contributed by atoms with E-state index in [0.29, 0.717) is 48.6 Å². The van der Waals surface area contributed by atoms with Gasteiger partial charge in [-0.15, -0.1) is 0 Å². The normalized spacial score (nSPS) is 23.2. The first-order valence-corrected chi connectivity index (χ1v) is 11.6. The summed E-state index contributed by atoms with van der Waals surface area (Å²) in [5.41, 5.74) is -0.133. The molecular formula is C24H23ClF3N5O2. The molecule has 2 saturated heterocycles. The number of aromatic amines is 1. The Balaban J connectivity index is 1.28. The summed E-state index contributed by atoms with van der Waals surface area (Å²) in [5.74, 6) is -0.166. The minimum absolute atomic E-state index is 0.0250. The molecule has 11 heteroatoms. The lowest BCUT2D eigenvalue weighted by molar-refractivity contribution is -0.138. The molecule has 35 heavy (non-hydrogen) atoms. The number of hydrogen-bond acceptors (Lipinski definition) is 5. The van der Waals surface area contributed by atoms with Crippen molar-refractivity contribution in [3.05, 3.63) is 70.6 Å². The number of rotatable bonds is 3. The zero-order valence-corrected chi connectivity index (χ0v) is 19.4. The maximum atomic E-state index is 13.3. The van der Waals surface area contributed by atoms with Crippen LogP contribution in [0.25, 0.3) is 11.3 Å². The van der Waals surface area contributed by atoms with Gasteiger partial charge in [-0.1, -0.05) is 23.7 Å². The highest BCUT2D eigenvalue weighted by atomic mass is 35.5. The Morgan fingerprint density at radius 1 is 1.20 bits per heavy atom. The van der Waals surface area contributed by atoms with Crippen LogP contribution in [-0.4, -0.2) is 68.2 Å². The third kappa shape index (κ3) is 4.53. The number of piperidine rings is 1. The summed E-state index contributed by atoms with van der Waals surface area (Å²) in [5, 5.41) is 18.3. The van der Waals surface area contributed by atoms with E-state index < -0.39 is 17.3 Å². The van der Waals surface area contributed by atoms with Crippen LogP contribution in [0.15, 0.2) is 48.8 Å². The Morgan fingerprint density at radius 2 is 2.03 bits per heavy atom. The summed E-state index contributed by atoms with van der Waals surface area (Å²) in [4.78, 5) is 21.1. The average molecular weight is 506 g/mol. The molecular weight excluding hydrogens is 483 g/mol. The van der Waals surface area contributed by atoms with E-state index >= 15 is 0 Å². The van der Waals surface area contributed by atoms with Crippen molar-refractivity contribution < 1.29 is 23.1 Å². The number of halogens is 4. The van der Waals surface area contributed by atoms with Gasteiger partial charge in [0.2, 0.25) is 0 Å². The highest BCUT2D eigenvalue weighted by Gasteiger charge is 2.43. The van der Waals surface area contributed by atoms with Gasteiger partial charge in [0.05, 0.1) is 27.5 Å². The second-order valence-electron chi connectivity index (χ2n) is 9.01. The van der Waals surface area contributed by atoms with Crippen LogP contribution in [0, 0.1) is 0 Å². The molecule has 1 aromatic carbocycles. The van der Waals surface area contributed by atoms with E-state index in [1.54, 1.807) is 29.3 Å². The third-order valence-corrected chi connectivity index (χ3v) is 7.24. The number of aliphatic hydroxyl groups is 1. The monoisotopic (exact) mass is 505 g/mol. The predicted molar refractivity (Wildman–Crippen MR) is 123 cm³/mol. The van der Waals surface area contributed by atoms with Crippen LogP contribution in [0.1, 0.15) is 34.5 Å². The van der Waals surface area contributed by atoms with Crippen LogP contribution in [-0.2, 0) is 11.8 Å². The topological polar surface area (TPSA) is 85.4 Å². The third-order valence-electron chi connectivity index (χ3n) is 6.84.